The van der Waals surface area contributed by atoms with Crippen LogP contribution in [0.1, 0.15) is 5.69 Å². The van der Waals surface area contributed by atoms with Gasteiger partial charge in [0, 0.05) is 11.2 Å². The minimum Gasteiger partial charge on any atom is -0.305 e. The number of hydroxylamine groups is 1. The van der Waals surface area contributed by atoms with Crippen molar-refractivity contribution in [3.63, 3.8) is 0 Å². The Hall–Kier alpha value is -0.640. The van der Waals surface area contributed by atoms with Crippen LogP contribution in [-0.4, -0.2) is 12.1 Å². The molecule has 0 bridgehead atoms. The fraction of sp³-hybridized carbons (Fsp3) is 0.286. The molecule has 0 aliphatic carbocycles. The van der Waals surface area contributed by atoms with Crippen LogP contribution in [0.25, 0.3) is 0 Å². The molecule has 0 unspecified atom stereocenters. The van der Waals surface area contributed by atoms with Crippen molar-refractivity contribution in [3.8, 4) is 0 Å². The fourth-order valence-corrected chi connectivity index (χ4v) is 0.874. The second-order valence-corrected chi connectivity index (χ2v) is 2.43. The molecule has 0 aliphatic heterocycles. The molecule has 1 heterocycles. The molecule has 0 saturated carbocycles. The van der Waals surface area contributed by atoms with E-state index in [0.29, 0.717) is 11.6 Å². The van der Waals surface area contributed by atoms with Gasteiger partial charge in [-0.1, -0.05) is 11.6 Å². The predicted octanol–water partition coefficient (Wildman–Crippen LogP) is 1.39. The van der Waals surface area contributed by atoms with Gasteiger partial charge in [0.15, 0.2) is 0 Å². The Labute approximate surface area is 70.3 Å². The molecule has 11 heavy (non-hydrogen) atoms. The zero-order valence-electron chi connectivity index (χ0n) is 6.17. The predicted molar refractivity (Wildman–Crippen MR) is 43.1 cm³/mol. The molecule has 0 aliphatic rings. The number of aromatic nitrogens is 1. The average molecular weight is 173 g/mol. The van der Waals surface area contributed by atoms with Gasteiger partial charge in [-0.2, -0.15) is 5.48 Å². The van der Waals surface area contributed by atoms with E-state index < -0.39 is 0 Å². The summed E-state index contributed by atoms with van der Waals surface area (Å²) in [5.41, 5.74) is 3.53. The van der Waals surface area contributed by atoms with Gasteiger partial charge < -0.3 is 4.84 Å². The van der Waals surface area contributed by atoms with Gasteiger partial charge in [-0.3, -0.25) is 4.98 Å². The first-order valence-electron chi connectivity index (χ1n) is 3.19. The Morgan fingerprint density at radius 3 is 3.18 bits per heavy atom. The van der Waals surface area contributed by atoms with E-state index in [-0.39, 0.29) is 0 Å². The number of nitrogens with zero attached hydrogens (tertiary/aromatic N) is 1. The molecule has 0 amide bonds. The average Bonchev–Trinajstić information content (AvgIpc) is 2.01. The molecule has 1 N–H and O–H groups in total. The Kier molecular flexibility index (Phi) is 3.29. The van der Waals surface area contributed by atoms with Crippen molar-refractivity contribution >= 4 is 11.6 Å². The Bertz CT molecular complexity index is 229. The van der Waals surface area contributed by atoms with Crippen molar-refractivity contribution in [1.82, 2.24) is 10.5 Å². The highest BCUT2D eigenvalue weighted by atomic mass is 35.5. The van der Waals surface area contributed by atoms with Crippen molar-refractivity contribution in [2.75, 3.05) is 7.11 Å². The first kappa shape index (κ1) is 8.46. The van der Waals surface area contributed by atoms with Gasteiger partial charge in [0.2, 0.25) is 0 Å². The highest BCUT2D eigenvalue weighted by molar-refractivity contribution is 6.30. The number of halogens is 1. The monoisotopic (exact) mass is 172 g/mol. The zero-order chi connectivity index (χ0) is 8.10. The van der Waals surface area contributed by atoms with Crippen molar-refractivity contribution in [1.29, 1.82) is 0 Å². The Morgan fingerprint density at radius 2 is 2.55 bits per heavy atom. The van der Waals surface area contributed by atoms with Gasteiger partial charge in [0.1, 0.15) is 0 Å². The third-order valence-electron chi connectivity index (χ3n) is 1.18. The summed E-state index contributed by atoms with van der Waals surface area (Å²) in [7, 11) is 1.56. The number of hydrogen-bond acceptors (Lipinski definition) is 3. The summed E-state index contributed by atoms with van der Waals surface area (Å²) in [4.78, 5) is 8.70. The van der Waals surface area contributed by atoms with E-state index in [0.717, 1.165) is 5.69 Å². The lowest BCUT2D eigenvalue weighted by molar-refractivity contribution is 0.0858. The summed E-state index contributed by atoms with van der Waals surface area (Å²) in [5.74, 6) is 0. The van der Waals surface area contributed by atoms with Gasteiger partial charge in [-0.05, 0) is 12.1 Å². The number of rotatable bonds is 3. The molecule has 60 valence electrons. The second kappa shape index (κ2) is 4.28. The molecule has 1 rings (SSSR count). The standard InChI is InChI=1S/C7H9ClN2O/c1-11-10-5-7-4-6(8)2-3-9-7/h2-4,10H,5H2,1H3. The molecule has 1 aromatic rings. The molecule has 4 heteroatoms. The maximum absolute atomic E-state index is 5.72. The highest BCUT2D eigenvalue weighted by Crippen LogP contribution is 2.07. The van der Waals surface area contributed by atoms with Crippen molar-refractivity contribution in [2.24, 2.45) is 0 Å². The first-order valence-corrected chi connectivity index (χ1v) is 3.57. The van der Waals surface area contributed by atoms with Crippen LogP contribution in [0, 0.1) is 0 Å². The molecule has 3 nitrogen and oxygen atoms in total. The molecule has 0 saturated heterocycles. The van der Waals surface area contributed by atoms with Crippen LogP contribution in [0.5, 0.6) is 0 Å². The Balaban J connectivity index is 2.56. The van der Waals surface area contributed by atoms with Crippen molar-refractivity contribution in [2.45, 2.75) is 6.54 Å². The third kappa shape index (κ3) is 2.84. The molecule has 0 fully saturated rings. The second-order valence-electron chi connectivity index (χ2n) is 1.99. The largest absolute Gasteiger partial charge is 0.305 e. The summed E-state index contributed by atoms with van der Waals surface area (Å²) in [6.07, 6.45) is 1.66. The maximum Gasteiger partial charge on any atom is 0.0634 e. The van der Waals surface area contributed by atoms with Crippen LogP contribution in [0.15, 0.2) is 18.3 Å². The van der Waals surface area contributed by atoms with E-state index in [4.69, 9.17) is 11.6 Å². The van der Waals surface area contributed by atoms with Crippen LogP contribution >= 0.6 is 11.6 Å². The Morgan fingerprint density at radius 1 is 1.73 bits per heavy atom. The lowest BCUT2D eigenvalue weighted by atomic mass is 10.3. The lowest BCUT2D eigenvalue weighted by Gasteiger charge is -2.00. The topological polar surface area (TPSA) is 34.1 Å². The fourth-order valence-electron chi connectivity index (χ4n) is 0.692. The molecule has 1 aromatic heterocycles. The van der Waals surface area contributed by atoms with E-state index in [1.54, 1.807) is 25.4 Å². The van der Waals surface area contributed by atoms with Gasteiger partial charge in [0.05, 0.1) is 19.3 Å². The molecule has 0 aromatic carbocycles. The smallest absolute Gasteiger partial charge is 0.0634 e. The summed E-state index contributed by atoms with van der Waals surface area (Å²) in [6.45, 7) is 0.567. The van der Waals surface area contributed by atoms with Gasteiger partial charge in [-0.15, -0.1) is 0 Å². The van der Waals surface area contributed by atoms with Crippen molar-refractivity contribution in [3.05, 3.63) is 29.0 Å². The summed E-state index contributed by atoms with van der Waals surface area (Å²) >= 11 is 5.72. The summed E-state index contributed by atoms with van der Waals surface area (Å²) in [5, 5.41) is 0.688. The molecular weight excluding hydrogens is 164 g/mol. The van der Waals surface area contributed by atoms with E-state index in [1.165, 1.54) is 0 Å². The lowest BCUT2D eigenvalue weighted by Crippen LogP contribution is -2.11. The van der Waals surface area contributed by atoms with Gasteiger partial charge in [-0.25, -0.2) is 0 Å². The van der Waals surface area contributed by atoms with E-state index in [2.05, 4.69) is 15.3 Å². The maximum atomic E-state index is 5.72. The first-order chi connectivity index (χ1) is 5.33. The van der Waals surface area contributed by atoms with Crippen LogP contribution < -0.4 is 5.48 Å². The van der Waals surface area contributed by atoms with Crippen LogP contribution in [-0.2, 0) is 11.4 Å². The van der Waals surface area contributed by atoms with Crippen LogP contribution in [0.2, 0.25) is 5.02 Å². The molecule has 0 spiro atoms. The normalized spacial score (nSPS) is 10.0. The minimum atomic E-state index is 0.567. The number of hydrogen-bond donors (Lipinski definition) is 1. The number of nitrogens with one attached hydrogen (secondary N) is 1. The number of pyridine rings is 1. The van der Waals surface area contributed by atoms with Crippen molar-refractivity contribution < 1.29 is 4.84 Å². The summed E-state index contributed by atoms with van der Waals surface area (Å²) < 4.78 is 0. The van der Waals surface area contributed by atoms with E-state index in [1.807, 2.05) is 0 Å². The van der Waals surface area contributed by atoms with Crippen LogP contribution in [0.3, 0.4) is 0 Å². The molecular formula is C7H9ClN2O. The van der Waals surface area contributed by atoms with E-state index in [9.17, 15) is 0 Å². The van der Waals surface area contributed by atoms with Gasteiger partial charge in [0.25, 0.3) is 0 Å². The quantitative estimate of drug-likeness (QED) is 0.700. The summed E-state index contributed by atoms with van der Waals surface area (Å²) in [6, 6.07) is 3.52. The van der Waals surface area contributed by atoms with Crippen LogP contribution in [0.4, 0.5) is 0 Å². The minimum absolute atomic E-state index is 0.567. The molecule has 0 atom stereocenters. The van der Waals surface area contributed by atoms with Gasteiger partial charge >= 0.3 is 0 Å². The SMILES string of the molecule is CONCc1cc(Cl)ccn1. The van der Waals surface area contributed by atoms with E-state index >= 15 is 0 Å². The third-order valence-corrected chi connectivity index (χ3v) is 1.41. The zero-order valence-corrected chi connectivity index (χ0v) is 6.93. The highest BCUT2D eigenvalue weighted by Gasteiger charge is 1.93. The molecule has 0 radical (unpaired) electrons.